The molecule has 2 heteroatoms. The van der Waals surface area contributed by atoms with Crippen LogP contribution in [0.3, 0.4) is 0 Å². The summed E-state index contributed by atoms with van der Waals surface area (Å²) >= 11 is 1.77. The van der Waals surface area contributed by atoms with E-state index in [1.54, 1.807) is 11.3 Å². The van der Waals surface area contributed by atoms with Crippen molar-refractivity contribution >= 4 is 78.2 Å². The molecule has 0 saturated heterocycles. The Morgan fingerprint density at radius 1 is 0.511 bits per heavy atom. The smallest absolute Gasteiger partial charge is 0.0462 e. The molecule has 1 nitrogen and oxygen atoms in total. The van der Waals surface area contributed by atoms with Gasteiger partial charge in [0.1, 0.15) is 0 Å². The van der Waals surface area contributed by atoms with Crippen molar-refractivity contribution in [3.8, 4) is 0 Å². The van der Waals surface area contributed by atoms with Crippen LogP contribution in [0.25, 0.3) is 66.8 Å². The zero-order valence-corrected chi connectivity index (χ0v) is 27.6. The summed E-state index contributed by atoms with van der Waals surface area (Å²) in [7, 11) is 0. The molecule has 1 N–H and O–H groups in total. The molecule has 6 aromatic carbocycles. The fourth-order valence-corrected chi connectivity index (χ4v) is 6.43. The van der Waals surface area contributed by atoms with Gasteiger partial charge in [-0.3, -0.25) is 0 Å². The van der Waals surface area contributed by atoms with E-state index in [0.29, 0.717) is 0 Å². The van der Waals surface area contributed by atoms with Gasteiger partial charge in [-0.25, -0.2) is 0 Å². The predicted molar refractivity (Wildman–Crippen MR) is 213 cm³/mol. The second kappa shape index (κ2) is 16.0. The molecule has 0 spiro atoms. The van der Waals surface area contributed by atoms with Gasteiger partial charge in [-0.2, -0.15) is 0 Å². The molecule has 0 radical (unpaired) electrons. The van der Waals surface area contributed by atoms with Crippen molar-refractivity contribution in [2.75, 3.05) is 0 Å². The minimum atomic E-state index is 1.17. The van der Waals surface area contributed by atoms with Crippen LogP contribution in [-0.4, -0.2) is 4.98 Å². The number of benzene rings is 6. The van der Waals surface area contributed by atoms with Crippen molar-refractivity contribution in [3.05, 3.63) is 193 Å². The Morgan fingerprint density at radius 2 is 1.13 bits per heavy atom. The Hall–Kier alpha value is -5.70. The van der Waals surface area contributed by atoms with Crippen LogP contribution in [0, 0.1) is 6.92 Å². The molecule has 8 rings (SSSR count). The Balaban J connectivity index is 0.000000123. The third-order valence-electron chi connectivity index (χ3n) is 7.93. The highest BCUT2D eigenvalue weighted by Crippen LogP contribution is 2.26. The monoisotopic (exact) mass is 625 g/mol. The number of para-hydroxylation sites is 1. The maximum absolute atomic E-state index is 3.79. The number of hydrogen-bond acceptors (Lipinski definition) is 1. The Kier molecular flexibility index (Phi) is 11.2. The summed E-state index contributed by atoms with van der Waals surface area (Å²) in [6, 6.07) is 45.9. The second-order valence-corrected chi connectivity index (χ2v) is 11.8. The topological polar surface area (TPSA) is 15.8 Å². The van der Waals surface area contributed by atoms with Crippen molar-refractivity contribution in [2.24, 2.45) is 0 Å². The van der Waals surface area contributed by atoms with E-state index in [0.717, 1.165) is 0 Å². The summed E-state index contributed by atoms with van der Waals surface area (Å²) in [5.41, 5.74) is 7.20. The van der Waals surface area contributed by atoms with Crippen LogP contribution < -0.4 is 0 Å². The maximum atomic E-state index is 3.79. The van der Waals surface area contributed by atoms with Gasteiger partial charge >= 0.3 is 0 Å². The fourth-order valence-electron chi connectivity index (χ4n) is 5.48. The lowest BCUT2D eigenvalue weighted by Crippen LogP contribution is -1.75. The van der Waals surface area contributed by atoms with E-state index >= 15 is 0 Å². The van der Waals surface area contributed by atoms with E-state index in [-0.39, 0.29) is 0 Å². The first kappa shape index (κ1) is 32.7. The standard InChI is InChI=1S/2C12H10.C11H11N.C10H8S/c1-2-10-7-5-8-11-6-3-4-9-12(10)11;1-2-10-7-8-11-5-3-4-6-12(11)9-10;1-3-9-8(2)12-11-7-5-4-6-10(9)11;1-2-8-7-11-10-6-4-3-5-9(8)10/h2*2-9H,1H2;3-7,12H,1H2,2H3;2-7H,1H2. The minimum absolute atomic E-state index is 1.17. The third kappa shape index (κ3) is 7.94. The van der Waals surface area contributed by atoms with Crippen molar-refractivity contribution in [1.29, 1.82) is 0 Å². The summed E-state index contributed by atoms with van der Waals surface area (Å²) < 4.78 is 1.34. The lowest BCUT2D eigenvalue weighted by molar-refractivity contribution is 1.29. The number of thiophene rings is 1. The molecule has 230 valence electrons. The Bertz CT molecular complexity index is 2280. The summed E-state index contributed by atoms with van der Waals surface area (Å²) in [5, 5.41) is 9.80. The van der Waals surface area contributed by atoms with Crippen LogP contribution in [0.5, 0.6) is 0 Å². The molecule has 8 aromatic rings. The molecule has 47 heavy (non-hydrogen) atoms. The van der Waals surface area contributed by atoms with Gasteiger partial charge in [0.15, 0.2) is 0 Å². The molecule has 0 aliphatic rings. The largest absolute Gasteiger partial charge is 0.358 e. The number of rotatable bonds is 4. The van der Waals surface area contributed by atoms with Gasteiger partial charge in [0.25, 0.3) is 0 Å². The quantitative estimate of drug-likeness (QED) is 0.200. The zero-order chi connectivity index (χ0) is 33.0. The summed E-state index contributed by atoms with van der Waals surface area (Å²) in [5.74, 6) is 0. The van der Waals surface area contributed by atoms with Crippen LogP contribution >= 0.6 is 11.3 Å². The highest BCUT2D eigenvalue weighted by molar-refractivity contribution is 7.17. The van der Waals surface area contributed by atoms with Gasteiger partial charge in [0, 0.05) is 26.9 Å². The van der Waals surface area contributed by atoms with E-state index in [2.05, 4.69) is 165 Å². The summed E-state index contributed by atoms with van der Waals surface area (Å²) in [6.45, 7) is 17.1. The van der Waals surface area contributed by atoms with Crippen LogP contribution in [0.1, 0.15) is 27.9 Å². The Morgan fingerprint density at radius 3 is 1.85 bits per heavy atom. The highest BCUT2D eigenvalue weighted by atomic mass is 32.1. The highest BCUT2D eigenvalue weighted by Gasteiger charge is 2.02. The molecule has 2 aromatic heterocycles. The number of H-pyrrole nitrogens is 1. The number of hydrogen-bond donors (Lipinski definition) is 1. The average molecular weight is 626 g/mol. The first-order valence-electron chi connectivity index (χ1n) is 15.6. The first-order valence-corrected chi connectivity index (χ1v) is 16.4. The molecule has 0 saturated carbocycles. The van der Waals surface area contributed by atoms with Crippen molar-refractivity contribution in [3.63, 3.8) is 0 Å². The first-order chi connectivity index (χ1) is 23.1. The summed E-state index contributed by atoms with van der Waals surface area (Å²) in [4.78, 5) is 3.31. The molecular weight excluding hydrogens is 587 g/mol. The number of aromatic nitrogens is 1. The van der Waals surface area contributed by atoms with Crippen molar-refractivity contribution < 1.29 is 0 Å². The van der Waals surface area contributed by atoms with Crippen LogP contribution in [-0.2, 0) is 0 Å². The van der Waals surface area contributed by atoms with Gasteiger partial charge in [-0.1, -0.05) is 166 Å². The Labute approximate surface area is 282 Å². The molecule has 2 heterocycles. The molecule has 0 amide bonds. The van der Waals surface area contributed by atoms with Crippen molar-refractivity contribution in [2.45, 2.75) is 6.92 Å². The van der Waals surface area contributed by atoms with Crippen LogP contribution in [0.15, 0.2) is 165 Å². The fraction of sp³-hybridized carbons (Fsp3) is 0.0222. The van der Waals surface area contributed by atoms with Gasteiger partial charge < -0.3 is 4.98 Å². The van der Waals surface area contributed by atoms with E-state index in [1.807, 2.05) is 36.4 Å². The number of fused-ring (bicyclic) bond motifs is 4. The minimum Gasteiger partial charge on any atom is -0.358 e. The van der Waals surface area contributed by atoms with Crippen molar-refractivity contribution in [1.82, 2.24) is 4.98 Å². The lowest BCUT2D eigenvalue weighted by Gasteiger charge is -1.99. The molecule has 0 atom stereocenters. The number of aryl methyl sites for hydroxylation is 1. The second-order valence-electron chi connectivity index (χ2n) is 10.9. The zero-order valence-electron chi connectivity index (χ0n) is 26.8. The van der Waals surface area contributed by atoms with E-state index in [1.165, 1.54) is 70.5 Å². The van der Waals surface area contributed by atoms with Crippen LogP contribution in [0.4, 0.5) is 0 Å². The molecule has 0 bridgehead atoms. The number of nitrogens with one attached hydrogen (secondary N) is 1. The molecule has 0 fully saturated rings. The van der Waals surface area contributed by atoms with Gasteiger partial charge in [0.2, 0.25) is 0 Å². The van der Waals surface area contributed by atoms with E-state index < -0.39 is 0 Å². The SMILES string of the molecule is C=Cc1c(C)[nH]c2ccccc12.C=Cc1ccc2ccccc2c1.C=Cc1cccc2ccccc12.C=Cc1csc2ccccc12. The third-order valence-corrected chi connectivity index (χ3v) is 8.91. The average Bonchev–Trinajstić information content (AvgIpc) is 3.71. The molecule has 0 aliphatic heterocycles. The normalized spacial score (nSPS) is 10.1. The molecular formula is C45H39NS. The van der Waals surface area contributed by atoms with Gasteiger partial charge in [-0.05, 0) is 74.1 Å². The van der Waals surface area contributed by atoms with Gasteiger partial charge in [-0.15, -0.1) is 11.3 Å². The lowest BCUT2D eigenvalue weighted by atomic mass is 10.1. The molecule has 0 aliphatic carbocycles. The van der Waals surface area contributed by atoms with E-state index in [4.69, 9.17) is 0 Å². The predicted octanol–water partition coefficient (Wildman–Crippen LogP) is 13.6. The van der Waals surface area contributed by atoms with E-state index in [9.17, 15) is 0 Å². The van der Waals surface area contributed by atoms with Gasteiger partial charge in [0.05, 0.1) is 0 Å². The summed E-state index contributed by atoms with van der Waals surface area (Å²) in [6.07, 6.45) is 7.56. The molecule has 0 unspecified atom stereocenters. The maximum Gasteiger partial charge on any atom is 0.0462 e. The van der Waals surface area contributed by atoms with Crippen LogP contribution in [0.2, 0.25) is 0 Å². The number of aromatic amines is 1.